The molecule has 2 rings (SSSR count). The van der Waals surface area contributed by atoms with Gasteiger partial charge < -0.3 is 5.21 Å². The van der Waals surface area contributed by atoms with Crippen molar-refractivity contribution in [3.8, 4) is 11.1 Å². The van der Waals surface area contributed by atoms with E-state index in [9.17, 15) is 10.0 Å². The number of hydrogen-bond acceptors (Lipinski definition) is 2. The first-order chi connectivity index (χ1) is 7.68. The van der Waals surface area contributed by atoms with Crippen LogP contribution in [0.4, 0.5) is 0 Å². The van der Waals surface area contributed by atoms with E-state index in [1.807, 2.05) is 24.3 Å². The van der Waals surface area contributed by atoms with Crippen molar-refractivity contribution in [3.63, 3.8) is 0 Å². The second kappa shape index (κ2) is 4.14. The molecule has 0 saturated carbocycles. The van der Waals surface area contributed by atoms with Gasteiger partial charge in [-0.25, -0.2) is 0 Å². The zero-order valence-electron chi connectivity index (χ0n) is 8.88. The van der Waals surface area contributed by atoms with Gasteiger partial charge >= 0.3 is 0 Å². The maximum Gasteiger partial charge on any atom is 0.188 e. The summed E-state index contributed by atoms with van der Waals surface area (Å²) in [4.78, 5) is 11.4. The van der Waals surface area contributed by atoms with Gasteiger partial charge in [-0.2, -0.15) is 4.73 Å². The molecule has 0 N–H and O–H groups in total. The Bertz CT molecular complexity index is 535. The van der Waals surface area contributed by atoms with Gasteiger partial charge in [0, 0.05) is 17.2 Å². The van der Waals surface area contributed by atoms with Crippen molar-refractivity contribution >= 4 is 5.78 Å². The predicted molar refractivity (Wildman–Crippen MR) is 60.8 cm³/mol. The van der Waals surface area contributed by atoms with E-state index < -0.39 is 0 Å². The Labute approximate surface area is 93.6 Å². The molecule has 2 aromatic rings. The van der Waals surface area contributed by atoms with Crippen LogP contribution in [0, 0.1) is 5.21 Å². The molecule has 0 aliphatic rings. The summed E-state index contributed by atoms with van der Waals surface area (Å²) < 4.78 is 0.728. The van der Waals surface area contributed by atoms with Gasteiger partial charge in [0.1, 0.15) is 0 Å². The quantitative estimate of drug-likeness (QED) is 0.436. The molecule has 0 radical (unpaired) electrons. The molecule has 1 aromatic carbocycles. The van der Waals surface area contributed by atoms with E-state index in [1.54, 1.807) is 12.1 Å². The molecular weight excluding hydrogens is 202 g/mol. The van der Waals surface area contributed by atoms with Gasteiger partial charge in [0.2, 0.25) is 0 Å². The molecule has 0 unspecified atom stereocenters. The lowest BCUT2D eigenvalue weighted by molar-refractivity contribution is -0.604. The van der Waals surface area contributed by atoms with Crippen molar-refractivity contribution in [2.75, 3.05) is 0 Å². The van der Waals surface area contributed by atoms with Crippen LogP contribution < -0.4 is 4.73 Å². The van der Waals surface area contributed by atoms with Gasteiger partial charge in [-0.05, 0) is 18.6 Å². The van der Waals surface area contributed by atoms with Gasteiger partial charge in [-0.3, -0.25) is 4.79 Å². The smallest absolute Gasteiger partial charge is 0.188 e. The highest BCUT2D eigenvalue weighted by atomic mass is 16.5. The van der Waals surface area contributed by atoms with Gasteiger partial charge in [-0.1, -0.05) is 24.3 Å². The number of carbonyl (C=O) groups is 1. The fourth-order valence-corrected chi connectivity index (χ4v) is 1.66. The first-order valence-electron chi connectivity index (χ1n) is 4.97. The maximum atomic E-state index is 11.4. The monoisotopic (exact) mass is 213 g/mol. The molecule has 1 heterocycles. The third-order valence-corrected chi connectivity index (χ3v) is 2.39. The number of carbonyl (C=O) groups excluding carboxylic acids is 1. The summed E-state index contributed by atoms with van der Waals surface area (Å²) in [5.41, 5.74) is 2.18. The molecule has 0 saturated heterocycles. The van der Waals surface area contributed by atoms with E-state index >= 15 is 0 Å². The second-order valence-corrected chi connectivity index (χ2v) is 3.55. The summed E-state index contributed by atoms with van der Waals surface area (Å²) >= 11 is 0. The Hall–Kier alpha value is -2.16. The molecule has 0 fully saturated rings. The molecule has 80 valence electrons. The van der Waals surface area contributed by atoms with Crippen molar-refractivity contribution < 1.29 is 9.52 Å². The van der Waals surface area contributed by atoms with E-state index in [0.717, 1.165) is 15.9 Å². The molecular formula is C13H11NO2. The molecule has 0 aliphatic heterocycles. The third-order valence-electron chi connectivity index (χ3n) is 2.39. The fourth-order valence-electron chi connectivity index (χ4n) is 1.66. The van der Waals surface area contributed by atoms with Crippen LogP contribution in [0.25, 0.3) is 11.1 Å². The van der Waals surface area contributed by atoms with E-state index in [-0.39, 0.29) is 5.78 Å². The molecule has 0 bridgehead atoms. The molecule has 0 atom stereocenters. The van der Waals surface area contributed by atoms with Crippen LogP contribution in [-0.2, 0) is 0 Å². The number of nitrogens with zero attached hydrogens (tertiary/aromatic N) is 1. The lowest BCUT2D eigenvalue weighted by Gasteiger charge is -2.06. The maximum absolute atomic E-state index is 11.4. The number of benzene rings is 1. The van der Waals surface area contributed by atoms with Gasteiger partial charge in [0.25, 0.3) is 0 Å². The fraction of sp³-hybridized carbons (Fsp3) is 0.0769. The van der Waals surface area contributed by atoms with Gasteiger partial charge in [0.05, 0.1) is 0 Å². The average Bonchev–Trinajstić information content (AvgIpc) is 2.29. The van der Waals surface area contributed by atoms with Crippen molar-refractivity contribution in [3.05, 3.63) is 59.6 Å². The largest absolute Gasteiger partial charge is 0.619 e. The summed E-state index contributed by atoms with van der Waals surface area (Å²) in [6, 6.07) is 10.7. The van der Waals surface area contributed by atoms with Crippen LogP contribution >= 0.6 is 0 Å². The van der Waals surface area contributed by atoms with Crippen molar-refractivity contribution in [2.45, 2.75) is 6.92 Å². The highest BCUT2D eigenvalue weighted by Crippen LogP contribution is 2.22. The molecule has 1 aromatic heterocycles. The van der Waals surface area contributed by atoms with Crippen LogP contribution in [-0.4, -0.2) is 5.78 Å². The van der Waals surface area contributed by atoms with Gasteiger partial charge in [-0.15, -0.1) is 0 Å². The zero-order chi connectivity index (χ0) is 11.5. The van der Waals surface area contributed by atoms with Crippen molar-refractivity contribution in [1.29, 1.82) is 0 Å². The zero-order valence-corrected chi connectivity index (χ0v) is 8.88. The minimum atomic E-state index is -0.00287. The molecule has 16 heavy (non-hydrogen) atoms. The Morgan fingerprint density at radius 2 is 1.94 bits per heavy atom. The third kappa shape index (κ3) is 1.93. The average molecular weight is 213 g/mol. The normalized spacial score (nSPS) is 10.1. The lowest BCUT2D eigenvalue weighted by Crippen LogP contribution is -2.24. The number of pyridine rings is 1. The first kappa shape index (κ1) is 10.4. The summed E-state index contributed by atoms with van der Waals surface area (Å²) in [5, 5.41) is 11.2. The number of Topliss-reactive ketones (excluding diaryl/α,β-unsaturated/α-hetero) is 1. The number of aromatic nitrogens is 1. The van der Waals surface area contributed by atoms with E-state index in [0.29, 0.717) is 5.56 Å². The molecule has 3 nitrogen and oxygen atoms in total. The van der Waals surface area contributed by atoms with E-state index in [4.69, 9.17) is 0 Å². The summed E-state index contributed by atoms with van der Waals surface area (Å²) in [6.45, 7) is 1.52. The predicted octanol–water partition coefficient (Wildman–Crippen LogP) is 2.19. The second-order valence-electron chi connectivity index (χ2n) is 3.55. The Balaban J connectivity index is 2.60. The summed E-state index contributed by atoms with van der Waals surface area (Å²) in [7, 11) is 0. The van der Waals surface area contributed by atoms with Crippen LogP contribution in [0.5, 0.6) is 0 Å². The SMILES string of the molecule is CC(=O)c1ccccc1-c1ccc[n+]([O-])c1. The Morgan fingerprint density at radius 3 is 2.62 bits per heavy atom. The van der Waals surface area contributed by atoms with Crippen molar-refractivity contribution in [2.24, 2.45) is 0 Å². The van der Waals surface area contributed by atoms with E-state index in [1.165, 1.54) is 19.3 Å². The minimum absolute atomic E-state index is 0.00287. The first-order valence-corrected chi connectivity index (χ1v) is 4.97. The highest BCUT2D eigenvalue weighted by molar-refractivity contribution is 6.00. The van der Waals surface area contributed by atoms with Crippen LogP contribution in [0.1, 0.15) is 17.3 Å². The topological polar surface area (TPSA) is 44.0 Å². The molecule has 0 spiro atoms. The number of ketones is 1. The van der Waals surface area contributed by atoms with E-state index in [2.05, 4.69) is 0 Å². The van der Waals surface area contributed by atoms with Crippen LogP contribution in [0.2, 0.25) is 0 Å². The Kier molecular flexibility index (Phi) is 2.68. The number of hydrogen-bond donors (Lipinski definition) is 0. The highest BCUT2D eigenvalue weighted by Gasteiger charge is 2.09. The van der Waals surface area contributed by atoms with Crippen molar-refractivity contribution in [1.82, 2.24) is 0 Å². The molecule has 0 amide bonds. The standard InChI is InChI=1S/C13H11NO2/c1-10(15)12-6-2-3-7-13(12)11-5-4-8-14(16)9-11/h2-9H,1H3. The summed E-state index contributed by atoms with van der Waals surface area (Å²) in [5.74, 6) is -0.00287. The van der Waals surface area contributed by atoms with Crippen LogP contribution in [0.15, 0.2) is 48.8 Å². The molecule has 0 aliphatic carbocycles. The Morgan fingerprint density at radius 1 is 1.19 bits per heavy atom. The van der Waals surface area contributed by atoms with Gasteiger partial charge in [0.15, 0.2) is 18.2 Å². The van der Waals surface area contributed by atoms with Crippen LogP contribution in [0.3, 0.4) is 0 Å². The summed E-state index contributed by atoms with van der Waals surface area (Å²) in [6.07, 6.45) is 2.88. The number of rotatable bonds is 2. The molecule has 3 heteroatoms. The minimum Gasteiger partial charge on any atom is -0.619 e. The lowest BCUT2D eigenvalue weighted by atomic mass is 9.99.